The molecule has 9 rings (SSSR count). The van der Waals surface area contributed by atoms with E-state index in [9.17, 15) is 0 Å². The SMILES string of the molecule is c1ccc(-n2c3ccccc3c3c4nc(-c5ccc(-c6ccncc6)cc5)n(-c5cccc(-c6ccccn6)c5)c4ccc32)cc1. The highest BCUT2D eigenvalue weighted by molar-refractivity contribution is 6.20. The summed E-state index contributed by atoms with van der Waals surface area (Å²) in [5, 5.41) is 2.32. The Kier molecular flexibility index (Phi) is 6.06. The van der Waals surface area contributed by atoms with E-state index in [0.717, 1.165) is 72.6 Å². The van der Waals surface area contributed by atoms with Crippen LogP contribution in [-0.4, -0.2) is 24.1 Å². The maximum atomic E-state index is 5.47. The zero-order chi connectivity index (χ0) is 30.5. The van der Waals surface area contributed by atoms with E-state index in [1.54, 1.807) is 0 Å². The van der Waals surface area contributed by atoms with Crippen molar-refractivity contribution in [1.82, 2.24) is 24.1 Å². The number of benzene rings is 5. The van der Waals surface area contributed by atoms with Gasteiger partial charge in [0.05, 0.1) is 27.8 Å². The molecule has 0 fully saturated rings. The Bertz CT molecular complexity index is 2500. The van der Waals surface area contributed by atoms with Crippen molar-refractivity contribution in [2.24, 2.45) is 0 Å². The standard InChI is InChI=1S/C41H27N5/c1-2-10-32(11-3-1)45-36-15-5-4-13-34(36)39-37(45)20-21-38-40(39)44-41(30-18-16-28(17-19-30)29-22-25-42-26-23-29)46(38)33-12-8-9-31(27-33)35-14-6-7-24-43-35/h1-27H. The van der Waals surface area contributed by atoms with Crippen LogP contribution in [-0.2, 0) is 0 Å². The van der Waals surface area contributed by atoms with Crippen molar-refractivity contribution < 1.29 is 0 Å². The number of aromatic nitrogens is 5. The predicted molar refractivity (Wildman–Crippen MR) is 187 cm³/mol. The summed E-state index contributed by atoms with van der Waals surface area (Å²) in [5.74, 6) is 0.887. The van der Waals surface area contributed by atoms with Crippen molar-refractivity contribution in [2.75, 3.05) is 0 Å². The second-order valence-corrected chi connectivity index (χ2v) is 11.4. The Morgan fingerprint density at radius 2 is 1.15 bits per heavy atom. The number of rotatable bonds is 5. The van der Waals surface area contributed by atoms with Gasteiger partial charge in [0.1, 0.15) is 5.82 Å². The molecule has 5 nitrogen and oxygen atoms in total. The molecule has 0 atom stereocenters. The molecule has 4 heterocycles. The Morgan fingerprint density at radius 1 is 0.435 bits per heavy atom. The average molecular weight is 590 g/mol. The largest absolute Gasteiger partial charge is 0.309 e. The molecule has 4 aromatic heterocycles. The first-order chi connectivity index (χ1) is 22.8. The van der Waals surface area contributed by atoms with Crippen LogP contribution in [0.25, 0.3) is 78.0 Å². The third-order valence-electron chi connectivity index (χ3n) is 8.70. The lowest BCUT2D eigenvalue weighted by atomic mass is 10.0. The zero-order valence-electron chi connectivity index (χ0n) is 24.8. The molecule has 0 aliphatic heterocycles. The fourth-order valence-corrected chi connectivity index (χ4v) is 6.60. The number of para-hydroxylation sites is 2. The minimum absolute atomic E-state index is 0.887. The van der Waals surface area contributed by atoms with E-state index in [4.69, 9.17) is 4.98 Å². The Hall–Kier alpha value is -6.33. The van der Waals surface area contributed by atoms with E-state index in [0.29, 0.717) is 0 Å². The summed E-state index contributed by atoms with van der Waals surface area (Å²) in [6, 6.07) is 50.9. The highest BCUT2D eigenvalue weighted by Gasteiger charge is 2.21. The van der Waals surface area contributed by atoms with Gasteiger partial charge in [-0.05, 0) is 77.9 Å². The summed E-state index contributed by atoms with van der Waals surface area (Å²) in [4.78, 5) is 14.3. The van der Waals surface area contributed by atoms with Gasteiger partial charge in [-0.1, -0.05) is 78.9 Å². The Balaban J connectivity index is 1.33. The predicted octanol–water partition coefficient (Wildman–Crippen LogP) is 9.91. The lowest BCUT2D eigenvalue weighted by Gasteiger charge is -2.12. The maximum Gasteiger partial charge on any atom is 0.145 e. The van der Waals surface area contributed by atoms with Crippen LogP contribution in [0.5, 0.6) is 0 Å². The van der Waals surface area contributed by atoms with Gasteiger partial charge in [0.2, 0.25) is 0 Å². The molecule has 0 amide bonds. The fraction of sp³-hybridized carbons (Fsp3) is 0. The minimum atomic E-state index is 0.887. The highest BCUT2D eigenvalue weighted by atomic mass is 15.1. The molecule has 0 saturated carbocycles. The van der Waals surface area contributed by atoms with Gasteiger partial charge in [-0.25, -0.2) is 4.98 Å². The fourth-order valence-electron chi connectivity index (χ4n) is 6.60. The first kappa shape index (κ1) is 26.1. The Morgan fingerprint density at radius 3 is 1.98 bits per heavy atom. The normalized spacial score (nSPS) is 11.5. The van der Waals surface area contributed by atoms with Gasteiger partial charge in [0.15, 0.2) is 0 Å². The Labute approximate surface area is 265 Å². The van der Waals surface area contributed by atoms with Gasteiger partial charge in [-0.15, -0.1) is 0 Å². The minimum Gasteiger partial charge on any atom is -0.309 e. The van der Waals surface area contributed by atoms with Crippen molar-refractivity contribution in [3.05, 3.63) is 164 Å². The van der Waals surface area contributed by atoms with E-state index in [1.165, 1.54) is 5.39 Å². The molecule has 46 heavy (non-hydrogen) atoms. The molecule has 9 aromatic rings. The van der Waals surface area contributed by atoms with Crippen molar-refractivity contribution >= 4 is 32.8 Å². The molecule has 0 spiro atoms. The summed E-state index contributed by atoms with van der Waals surface area (Å²) in [5.41, 5.74) is 11.8. The molecule has 0 aliphatic rings. The third kappa shape index (κ3) is 4.21. The lowest BCUT2D eigenvalue weighted by molar-refractivity contribution is 1.10. The molecule has 0 aliphatic carbocycles. The van der Waals surface area contributed by atoms with E-state index in [-0.39, 0.29) is 0 Å². The van der Waals surface area contributed by atoms with Crippen molar-refractivity contribution in [3.8, 4) is 45.1 Å². The van der Waals surface area contributed by atoms with Crippen LogP contribution in [0.1, 0.15) is 0 Å². The first-order valence-electron chi connectivity index (χ1n) is 15.4. The molecule has 0 unspecified atom stereocenters. The van der Waals surface area contributed by atoms with Crippen LogP contribution in [0, 0.1) is 0 Å². The summed E-state index contributed by atoms with van der Waals surface area (Å²) in [6.07, 6.45) is 5.49. The van der Waals surface area contributed by atoms with Crippen LogP contribution in [0.4, 0.5) is 0 Å². The van der Waals surface area contributed by atoms with E-state index in [1.807, 2.05) is 48.9 Å². The quantitative estimate of drug-likeness (QED) is 0.201. The average Bonchev–Trinajstić information content (AvgIpc) is 3.69. The molecule has 0 radical (unpaired) electrons. The molecule has 216 valence electrons. The topological polar surface area (TPSA) is 48.5 Å². The third-order valence-corrected chi connectivity index (χ3v) is 8.70. The molecular formula is C41H27N5. The number of pyridine rings is 2. The van der Waals surface area contributed by atoms with Gasteiger partial charge in [-0.2, -0.15) is 0 Å². The molecule has 5 aromatic carbocycles. The number of imidazole rings is 1. The number of hydrogen-bond acceptors (Lipinski definition) is 3. The van der Waals surface area contributed by atoms with E-state index < -0.39 is 0 Å². The van der Waals surface area contributed by atoms with Crippen LogP contribution >= 0.6 is 0 Å². The van der Waals surface area contributed by atoms with Crippen molar-refractivity contribution in [1.29, 1.82) is 0 Å². The summed E-state index contributed by atoms with van der Waals surface area (Å²) in [6.45, 7) is 0. The lowest BCUT2D eigenvalue weighted by Crippen LogP contribution is -1.98. The van der Waals surface area contributed by atoms with Gasteiger partial charge >= 0.3 is 0 Å². The zero-order valence-corrected chi connectivity index (χ0v) is 24.8. The second kappa shape index (κ2) is 10.7. The van der Waals surface area contributed by atoms with Crippen LogP contribution in [0.3, 0.4) is 0 Å². The van der Waals surface area contributed by atoms with E-state index in [2.05, 4.69) is 134 Å². The number of fused-ring (bicyclic) bond motifs is 5. The van der Waals surface area contributed by atoms with Gasteiger partial charge in [0.25, 0.3) is 0 Å². The monoisotopic (exact) mass is 589 g/mol. The van der Waals surface area contributed by atoms with Crippen molar-refractivity contribution in [3.63, 3.8) is 0 Å². The van der Waals surface area contributed by atoms with Gasteiger partial charge in [0, 0.05) is 51.9 Å². The summed E-state index contributed by atoms with van der Waals surface area (Å²) >= 11 is 0. The molecule has 0 bridgehead atoms. The second-order valence-electron chi connectivity index (χ2n) is 11.4. The molecule has 0 saturated heterocycles. The number of hydrogen-bond donors (Lipinski definition) is 0. The summed E-state index contributed by atoms with van der Waals surface area (Å²) < 4.78 is 4.63. The molecule has 0 N–H and O–H groups in total. The van der Waals surface area contributed by atoms with Crippen LogP contribution < -0.4 is 0 Å². The first-order valence-corrected chi connectivity index (χ1v) is 15.4. The van der Waals surface area contributed by atoms with Crippen LogP contribution in [0.2, 0.25) is 0 Å². The smallest absolute Gasteiger partial charge is 0.145 e. The summed E-state index contributed by atoms with van der Waals surface area (Å²) in [7, 11) is 0. The van der Waals surface area contributed by atoms with Gasteiger partial charge < -0.3 is 4.57 Å². The molecule has 5 heteroatoms. The van der Waals surface area contributed by atoms with Gasteiger partial charge in [-0.3, -0.25) is 14.5 Å². The highest BCUT2D eigenvalue weighted by Crippen LogP contribution is 2.39. The molecular weight excluding hydrogens is 562 g/mol. The van der Waals surface area contributed by atoms with Crippen LogP contribution in [0.15, 0.2) is 164 Å². The van der Waals surface area contributed by atoms with Crippen molar-refractivity contribution in [2.45, 2.75) is 0 Å². The number of nitrogens with zero attached hydrogens (tertiary/aromatic N) is 5. The van der Waals surface area contributed by atoms with E-state index >= 15 is 0 Å². The maximum absolute atomic E-state index is 5.47.